The average Bonchev–Trinajstić information content (AvgIpc) is 2.43. The smallest absolute Gasteiger partial charge is 0.262 e. The molecule has 4 nitrogen and oxygen atoms in total. The summed E-state index contributed by atoms with van der Waals surface area (Å²) in [6.45, 7) is 3.85. The zero-order chi connectivity index (χ0) is 16.7. The molecule has 1 N–H and O–H groups in total. The zero-order valence-corrected chi connectivity index (χ0v) is 15.9. The molecule has 6 heteroatoms. The lowest BCUT2D eigenvalue weighted by Crippen LogP contribution is -2.30. The number of nitriles is 1. The number of ether oxygens (including phenoxy) is 1. The van der Waals surface area contributed by atoms with Crippen molar-refractivity contribution >= 4 is 50.5 Å². The SMILES string of the molecule is C#CCOc1c(Br)cc(/C=C(/C#N)C(=O)NC(C)C)cc1I. The number of carbonyl (C=O) groups excluding carboxylic acids is 1. The lowest BCUT2D eigenvalue weighted by molar-refractivity contribution is -0.117. The van der Waals surface area contributed by atoms with Crippen molar-refractivity contribution in [1.82, 2.24) is 5.32 Å². The van der Waals surface area contributed by atoms with Crippen LogP contribution in [0.5, 0.6) is 5.75 Å². The van der Waals surface area contributed by atoms with E-state index < -0.39 is 5.91 Å². The minimum absolute atomic E-state index is 0.0318. The number of halogens is 2. The molecule has 0 aliphatic rings. The van der Waals surface area contributed by atoms with E-state index in [1.165, 1.54) is 6.08 Å². The summed E-state index contributed by atoms with van der Waals surface area (Å²) >= 11 is 5.52. The largest absolute Gasteiger partial charge is 0.479 e. The van der Waals surface area contributed by atoms with E-state index in [9.17, 15) is 4.79 Å². The maximum absolute atomic E-state index is 11.9. The Kier molecular flexibility index (Phi) is 7.43. The van der Waals surface area contributed by atoms with Gasteiger partial charge in [-0.1, -0.05) is 5.92 Å². The Morgan fingerprint density at radius 3 is 2.77 bits per heavy atom. The third-order valence-electron chi connectivity index (χ3n) is 2.42. The molecule has 0 unspecified atom stereocenters. The van der Waals surface area contributed by atoms with Crippen molar-refractivity contribution in [2.75, 3.05) is 6.61 Å². The van der Waals surface area contributed by atoms with E-state index in [2.05, 4.69) is 49.8 Å². The molecule has 0 heterocycles. The van der Waals surface area contributed by atoms with Crippen molar-refractivity contribution < 1.29 is 9.53 Å². The number of carbonyl (C=O) groups is 1. The van der Waals surface area contributed by atoms with Crippen LogP contribution in [0.3, 0.4) is 0 Å². The minimum Gasteiger partial charge on any atom is -0.479 e. The van der Waals surface area contributed by atoms with E-state index in [-0.39, 0.29) is 18.2 Å². The van der Waals surface area contributed by atoms with E-state index in [4.69, 9.17) is 16.4 Å². The van der Waals surface area contributed by atoms with Crippen molar-refractivity contribution in [3.63, 3.8) is 0 Å². The molecule has 0 atom stereocenters. The number of nitrogens with zero attached hydrogens (tertiary/aromatic N) is 1. The topological polar surface area (TPSA) is 62.1 Å². The molecule has 0 aliphatic carbocycles. The number of hydrogen-bond acceptors (Lipinski definition) is 3. The normalized spacial score (nSPS) is 10.8. The van der Waals surface area contributed by atoms with Gasteiger partial charge < -0.3 is 10.1 Å². The fraction of sp³-hybridized carbons (Fsp3) is 0.250. The summed E-state index contributed by atoms with van der Waals surface area (Å²) in [5.74, 6) is 2.65. The first-order chi connectivity index (χ1) is 10.4. The summed E-state index contributed by atoms with van der Waals surface area (Å²) in [4.78, 5) is 11.9. The summed E-state index contributed by atoms with van der Waals surface area (Å²) in [7, 11) is 0. The Morgan fingerprint density at radius 1 is 1.59 bits per heavy atom. The fourth-order valence-corrected chi connectivity index (χ4v) is 3.34. The summed E-state index contributed by atoms with van der Waals surface area (Å²) in [5, 5.41) is 11.8. The van der Waals surface area contributed by atoms with Gasteiger partial charge in [-0.15, -0.1) is 6.42 Å². The van der Waals surface area contributed by atoms with Gasteiger partial charge in [0.05, 0.1) is 8.04 Å². The first kappa shape index (κ1) is 18.5. The molecule has 22 heavy (non-hydrogen) atoms. The molecule has 0 aromatic heterocycles. The highest BCUT2D eigenvalue weighted by atomic mass is 127. The van der Waals surface area contributed by atoms with Gasteiger partial charge in [-0.05, 0) is 76.1 Å². The number of hydrogen-bond donors (Lipinski definition) is 1. The molecule has 1 aromatic rings. The highest BCUT2D eigenvalue weighted by Gasteiger charge is 2.12. The average molecular weight is 473 g/mol. The van der Waals surface area contributed by atoms with Crippen LogP contribution in [0.4, 0.5) is 0 Å². The number of rotatable bonds is 5. The molecule has 0 saturated heterocycles. The predicted octanol–water partition coefficient (Wildman–Crippen LogP) is 3.50. The Bertz CT molecular complexity index is 661. The van der Waals surface area contributed by atoms with Crippen LogP contribution in [-0.4, -0.2) is 18.6 Å². The van der Waals surface area contributed by atoms with Crippen molar-refractivity contribution in [2.45, 2.75) is 19.9 Å². The summed E-state index contributed by atoms with van der Waals surface area (Å²) in [6, 6.07) is 5.47. The second-order valence-electron chi connectivity index (χ2n) is 4.60. The van der Waals surface area contributed by atoms with Crippen LogP contribution in [0.1, 0.15) is 19.4 Å². The van der Waals surface area contributed by atoms with E-state index in [1.807, 2.05) is 26.0 Å². The molecule has 1 rings (SSSR count). The van der Waals surface area contributed by atoms with E-state index in [1.54, 1.807) is 6.07 Å². The first-order valence-electron chi connectivity index (χ1n) is 6.37. The third-order valence-corrected chi connectivity index (χ3v) is 3.81. The molecule has 0 aliphatic heterocycles. The Balaban J connectivity index is 3.12. The Labute approximate surface area is 152 Å². The van der Waals surface area contributed by atoms with Crippen LogP contribution >= 0.6 is 38.5 Å². The molecule has 0 bridgehead atoms. The number of nitrogens with one attached hydrogen (secondary N) is 1. The minimum atomic E-state index is -0.392. The third kappa shape index (κ3) is 5.36. The zero-order valence-electron chi connectivity index (χ0n) is 12.1. The van der Waals surface area contributed by atoms with Gasteiger partial charge in [-0.3, -0.25) is 4.79 Å². The van der Waals surface area contributed by atoms with Crippen LogP contribution < -0.4 is 10.1 Å². The van der Waals surface area contributed by atoms with Crippen LogP contribution in [-0.2, 0) is 4.79 Å². The molecule has 1 aromatic carbocycles. The maximum atomic E-state index is 11.9. The Morgan fingerprint density at radius 2 is 2.27 bits per heavy atom. The number of benzene rings is 1. The van der Waals surface area contributed by atoms with Crippen LogP contribution in [0.2, 0.25) is 0 Å². The van der Waals surface area contributed by atoms with Crippen LogP contribution in [0.25, 0.3) is 6.08 Å². The Hall–Kier alpha value is -1.51. The van der Waals surface area contributed by atoms with Crippen molar-refractivity contribution in [3.05, 3.63) is 31.3 Å². The van der Waals surface area contributed by atoms with Crippen molar-refractivity contribution in [2.24, 2.45) is 0 Å². The summed E-state index contributed by atoms with van der Waals surface area (Å²) < 4.78 is 6.99. The van der Waals surface area contributed by atoms with Crippen molar-refractivity contribution in [3.8, 4) is 24.2 Å². The molecule has 1 amide bonds. The second kappa shape index (κ2) is 8.82. The molecule has 0 saturated carbocycles. The van der Waals surface area contributed by atoms with Gasteiger partial charge in [0.2, 0.25) is 0 Å². The highest BCUT2D eigenvalue weighted by molar-refractivity contribution is 14.1. The standard InChI is InChI=1S/C16H14BrIN2O2/c1-4-5-22-15-13(17)7-11(8-14(15)18)6-12(9-19)16(21)20-10(2)3/h1,6-8,10H,5H2,2-3H3,(H,20,21)/b12-6-. The van der Waals surface area contributed by atoms with Gasteiger partial charge in [0.15, 0.2) is 0 Å². The lowest BCUT2D eigenvalue weighted by atomic mass is 10.1. The molecule has 0 radical (unpaired) electrons. The predicted molar refractivity (Wildman–Crippen MR) is 98.1 cm³/mol. The van der Waals surface area contributed by atoms with Crippen LogP contribution in [0.15, 0.2) is 22.2 Å². The van der Waals surface area contributed by atoms with E-state index >= 15 is 0 Å². The highest BCUT2D eigenvalue weighted by Crippen LogP contribution is 2.32. The molecular formula is C16H14BrIN2O2. The molecule has 0 fully saturated rings. The molecule has 0 spiro atoms. The molecule has 114 valence electrons. The van der Waals surface area contributed by atoms with Gasteiger partial charge in [-0.25, -0.2) is 0 Å². The monoisotopic (exact) mass is 472 g/mol. The molecular weight excluding hydrogens is 459 g/mol. The maximum Gasteiger partial charge on any atom is 0.262 e. The van der Waals surface area contributed by atoms with Gasteiger partial charge in [0.25, 0.3) is 5.91 Å². The van der Waals surface area contributed by atoms with E-state index in [0.717, 1.165) is 9.13 Å². The van der Waals surface area contributed by atoms with Gasteiger partial charge in [0.1, 0.15) is 24.0 Å². The van der Waals surface area contributed by atoms with Crippen molar-refractivity contribution in [1.29, 1.82) is 5.26 Å². The second-order valence-corrected chi connectivity index (χ2v) is 6.62. The summed E-state index contributed by atoms with van der Waals surface area (Å²) in [5.41, 5.74) is 0.772. The van der Waals surface area contributed by atoms with Gasteiger partial charge >= 0.3 is 0 Å². The first-order valence-corrected chi connectivity index (χ1v) is 8.24. The number of amides is 1. The summed E-state index contributed by atoms with van der Waals surface area (Å²) in [6.07, 6.45) is 6.72. The van der Waals surface area contributed by atoms with E-state index in [0.29, 0.717) is 10.2 Å². The lowest BCUT2D eigenvalue weighted by Gasteiger charge is -2.10. The number of terminal acetylenes is 1. The van der Waals surface area contributed by atoms with Gasteiger partial charge in [-0.2, -0.15) is 5.26 Å². The quantitative estimate of drug-likeness (QED) is 0.309. The van der Waals surface area contributed by atoms with Gasteiger partial charge in [0, 0.05) is 6.04 Å². The fourth-order valence-electron chi connectivity index (χ4n) is 1.57. The van der Waals surface area contributed by atoms with Crippen LogP contribution in [0, 0.1) is 27.2 Å².